The molecule has 2 rings (SSSR count). The van der Waals surface area contributed by atoms with Gasteiger partial charge in [-0.05, 0) is 11.5 Å². The Kier molecular flexibility index (Phi) is 4.16. The van der Waals surface area contributed by atoms with Crippen molar-refractivity contribution in [1.29, 1.82) is 0 Å². The van der Waals surface area contributed by atoms with Gasteiger partial charge in [-0.1, -0.05) is 57.7 Å². The van der Waals surface area contributed by atoms with E-state index in [0.29, 0.717) is 5.57 Å². The zero-order valence-electron chi connectivity index (χ0n) is 12.7. The normalized spacial score (nSPS) is 25.0. The molecule has 4 nitrogen and oxygen atoms in total. The van der Waals surface area contributed by atoms with Crippen LogP contribution >= 0.6 is 0 Å². The summed E-state index contributed by atoms with van der Waals surface area (Å²) in [7, 11) is 0. The first kappa shape index (κ1) is 15.3. The van der Waals surface area contributed by atoms with Gasteiger partial charge < -0.3 is 10.1 Å². The lowest BCUT2D eigenvalue weighted by Gasteiger charge is -2.34. The van der Waals surface area contributed by atoms with E-state index in [9.17, 15) is 9.59 Å². The fourth-order valence-electron chi connectivity index (χ4n) is 2.80. The smallest absolute Gasteiger partial charge is 0.333 e. The summed E-state index contributed by atoms with van der Waals surface area (Å²) in [6, 6.07) is 9.48. The fourth-order valence-corrected chi connectivity index (χ4v) is 2.80. The van der Waals surface area contributed by atoms with Crippen molar-refractivity contribution < 1.29 is 14.3 Å². The molecule has 0 aromatic heterocycles. The summed E-state index contributed by atoms with van der Waals surface area (Å²) in [5.41, 5.74) is 0.323. The number of benzene rings is 1. The average molecular weight is 287 g/mol. The van der Waals surface area contributed by atoms with Crippen molar-refractivity contribution in [2.75, 3.05) is 0 Å². The molecule has 112 valence electrons. The summed E-state index contributed by atoms with van der Waals surface area (Å²) >= 11 is 0. The minimum Gasteiger partial charge on any atom is -0.459 e. The maximum atomic E-state index is 12.6. The van der Waals surface area contributed by atoms with Gasteiger partial charge in [0.2, 0.25) is 5.91 Å². The summed E-state index contributed by atoms with van der Waals surface area (Å²) in [6.45, 7) is 9.61. The molecule has 1 N–H and O–H groups in total. The number of amides is 1. The van der Waals surface area contributed by atoms with Gasteiger partial charge in [0.15, 0.2) is 0 Å². The lowest BCUT2D eigenvalue weighted by atomic mass is 9.76. The van der Waals surface area contributed by atoms with Gasteiger partial charge in [-0.2, -0.15) is 0 Å². The van der Waals surface area contributed by atoms with Crippen LogP contribution in [0.4, 0.5) is 0 Å². The van der Waals surface area contributed by atoms with Crippen molar-refractivity contribution in [2.24, 2.45) is 11.8 Å². The van der Waals surface area contributed by atoms with Crippen LogP contribution in [0, 0.1) is 11.8 Å². The van der Waals surface area contributed by atoms with Crippen LogP contribution in [0.25, 0.3) is 0 Å². The van der Waals surface area contributed by atoms with Crippen molar-refractivity contribution >= 4 is 11.9 Å². The molecule has 1 fully saturated rings. The van der Waals surface area contributed by atoms with Gasteiger partial charge in [-0.15, -0.1) is 0 Å². The molecule has 0 radical (unpaired) electrons. The predicted molar refractivity (Wildman–Crippen MR) is 80.3 cm³/mol. The number of hydrogen-bond acceptors (Lipinski definition) is 3. The van der Waals surface area contributed by atoms with Crippen molar-refractivity contribution in [2.45, 2.75) is 32.9 Å². The third-order valence-corrected chi connectivity index (χ3v) is 4.28. The second kappa shape index (κ2) is 5.72. The zero-order chi connectivity index (χ0) is 15.6. The van der Waals surface area contributed by atoms with Gasteiger partial charge in [-0.3, -0.25) is 4.79 Å². The average Bonchev–Trinajstić information content (AvgIpc) is 2.71. The molecular weight excluding hydrogens is 266 g/mol. The van der Waals surface area contributed by atoms with Crippen molar-refractivity contribution in [3.63, 3.8) is 0 Å². The third kappa shape index (κ3) is 2.58. The van der Waals surface area contributed by atoms with E-state index in [4.69, 9.17) is 4.74 Å². The fraction of sp³-hybridized carbons (Fsp3) is 0.412. The Balaban J connectivity index is 2.18. The van der Waals surface area contributed by atoms with Gasteiger partial charge >= 0.3 is 5.97 Å². The van der Waals surface area contributed by atoms with Gasteiger partial charge in [0.25, 0.3) is 0 Å². The van der Waals surface area contributed by atoms with Crippen LogP contribution in [-0.2, 0) is 20.9 Å². The molecule has 4 heteroatoms. The lowest BCUT2D eigenvalue weighted by molar-refractivity contribution is -0.157. The van der Waals surface area contributed by atoms with E-state index in [0.717, 1.165) is 5.56 Å². The Hall–Kier alpha value is -2.10. The van der Waals surface area contributed by atoms with E-state index in [1.807, 2.05) is 51.1 Å². The molecule has 1 saturated heterocycles. The molecule has 1 heterocycles. The lowest BCUT2D eigenvalue weighted by Crippen LogP contribution is -2.57. The van der Waals surface area contributed by atoms with E-state index < -0.39 is 11.5 Å². The van der Waals surface area contributed by atoms with Crippen LogP contribution < -0.4 is 5.32 Å². The second-order valence-corrected chi connectivity index (χ2v) is 5.79. The number of esters is 1. The van der Waals surface area contributed by atoms with Crippen LogP contribution in [0.1, 0.15) is 26.3 Å². The zero-order valence-corrected chi connectivity index (χ0v) is 12.7. The quantitative estimate of drug-likeness (QED) is 0.683. The molecule has 1 aliphatic rings. The molecule has 1 aliphatic heterocycles. The van der Waals surface area contributed by atoms with Crippen LogP contribution in [0.5, 0.6) is 0 Å². The molecule has 1 aromatic carbocycles. The molecule has 0 unspecified atom stereocenters. The van der Waals surface area contributed by atoms with Gasteiger partial charge in [0.1, 0.15) is 12.1 Å². The monoisotopic (exact) mass is 287 g/mol. The Morgan fingerprint density at radius 3 is 2.48 bits per heavy atom. The number of carbonyl (C=O) groups is 2. The first-order valence-corrected chi connectivity index (χ1v) is 7.12. The Morgan fingerprint density at radius 2 is 2.00 bits per heavy atom. The van der Waals surface area contributed by atoms with E-state index >= 15 is 0 Å². The largest absolute Gasteiger partial charge is 0.459 e. The SMILES string of the molecule is C=C1C(=O)N[C@@](C(=O)OCc2ccccc2)(C(C)C)[C@H]1C. The predicted octanol–water partition coefficient (Wildman–Crippen LogP) is 2.45. The van der Waals surface area contributed by atoms with E-state index in [-0.39, 0.29) is 24.3 Å². The molecule has 1 aromatic rings. The highest BCUT2D eigenvalue weighted by molar-refractivity contribution is 6.03. The van der Waals surface area contributed by atoms with Gasteiger partial charge in [-0.25, -0.2) is 4.79 Å². The molecular formula is C17H21NO3. The van der Waals surface area contributed by atoms with Gasteiger partial charge in [0.05, 0.1) is 0 Å². The number of rotatable bonds is 4. The highest BCUT2D eigenvalue weighted by Crippen LogP contribution is 2.37. The third-order valence-electron chi connectivity index (χ3n) is 4.28. The number of ether oxygens (including phenoxy) is 1. The van der Waals surface area contributed by atoms with Gasteiger partial charge in [0, 0.05) is 11.5 Å². The minimum absolute atomic E-state index is 0.0843. The van der Waals surface area contributed by atoms with Crippen LogP contribution in [0.3, 0.4) is 0 Å². The van der Waals surface area contributed by atoms with Crippen LogP contribution in [0.2, 0.25) is 0 Å². The van der Waals surface area contributed by atoms with Crippen molar-refractivity contribution in [3.8, 4) is 0 Å². The summed E-state index contributed by atoms with van der Waals surface area (Å²) in [4.78, 5) is 24.5. The number of carbonyl (C=O) groups excluding carboxylic acids is 2. The molecule has 0 bridgehead atoms. The molecule has 21 heavy (non-hydrogen) atoms. The second-order valence-electron chi connectivity index (χ2n) is 5.79. The highest BCUT2D eigenvalue weighted by atomic mass is 16.5. The first-order chi connectivity index (χ1) is 9.89. The first-order valence-electron chi connectivity index (χ1n) is 7.12. The maximum Gasteiger partial charge on any atom is 0.333 e. The summed E-state index contributed by atoms with van der Waals surface area (Å²) in [5.74, 6) is -1.04. The van der Waals surface area contributed by atoms with E-state index in [1.54, 1.807) is 0 Å². The standard InChI is InChI=1S/C17H21NO3/c1-11(2)17(13(4)12(3)15(19)18-17)16(20)21-10-14-8-6-5-7-9-14/h5-9,11,13H,3,10H2,1-2,4H3,(H,18,19)/t13-,17-/m0/s1. The Morgan fingerprint density at radius 1 is 1.38 bits per heavy atom. The van der Waals surface area contributed by atoms with Crippen molar-refractivity contribution in [1.82, 2.24) is 5.32 Å². The molecule has 0 spiro atoms. The molecule has 2 atom stereocenters. The Bertz CT molecular complexity index is 565. The number of hydrogen-bond donors (Lipinski definition) is 1. The number of nitrogens with one attached hydrogen (secondary N) is 1. The highest BCUT2D eigenvalue weighted by Gasteiger charge is 2.55. The maximum absolute atomic E-state index is 12.6. The van der Waals surface area contributed by atoms with E-state index in [1.165, 1.54) is 0 Å². The summed E-state index contributed by atoms with van der Waals surface area (Å²) < 4.78 is 5.45. The summed E-state index contributed by atoms with van der Waals surface area (Å²) in [5, 5.41) is 2.79. The van der Waals surface area contributed by atoms with E-state index in [2.05, 4.69) is 11.9 Å². The van der Waals surface area contributed by atoms with Crippen LogP contribution in [0.15, 0.2) is 42.5 Å². The van der Waals surface area contributed by atoms with Crippen LogP contribution in [-0.4, -0.2) is 17.4 Å². The molecule has 1 amide bonds. The van der Waals surface area contributed by atoms with Crippen molar-refractivity contribution in [3.05, 3.63) is 48.0 Å². The topological polar surface area (TPSA) is 55.4 Å². The molecule has 0 aliphatic carbocycles. The Labute approximate surface area is 125 Å². The minimum atomic E-state index is -1.02. The molecule has 0 saturated carbocycles. The summed E-state index contributed by atoms with van der Waals surface area (Å²) in [6.07, 6.45) is 0.